The van der Waals surface area contributed by atoms with Crippen LogP contribution in [0.5, 0.6) is 0 Å². The van der Waals surface area contributed by atoms with Crippen LogP contribution in [0.4, 0.5) is 0 Å². The predicted octanol–water partition coefficient (Wildman–Crippen LogP) is 1.57. The number of rotatable bonds is 4. The van der Waals surface area contributed by atoms with Gasteiger partial charge in [0.05, 0.1) is 6.10 Å². The molecule has 2 atom stereocenters. The summed E-state index contributed by atoms with van der Waals surface area (Å²) in [6.07, 6.45) is 7.41. The quantitative estimate of drug-likeness (QED) is 0.717. The largest absolute Gasteiger partial charge is 0.393 e. The van der Waals surface area contributed by atoms with Crippen molar-refractivity contribution in [2.24, 2.45) is 5.92 Å². The maximum Gasteiger partial charge on any atom is 0.225 e. The minimum absolute atomic E-state index is 0.161. The molecule has 0 saturated heterocycles. The van der Waals surface area contributed by atoms with E-state index >= 15 is 0 Å². The van der Waals surface area contributed by atoms with Crippen molar-refractivity contribution >= 4 is 5.91 Å². The Balaban J connectivity index is 2.34. The first-order valence-corrected chi connectivity index (χ1v) is 5.69. The van der Waals surface area contributed by atoms with Crippen LogP contribution >= 0.6 is 0 Å². The first kappa shape index (κ1) is 12.2. The fourth-order valence-corrected chi connectivity index (χ4v) is 1.82. The molecule has 0 heterocycles. The third-order valence-electron chi connectivity index (χ3n) is 2.88. The highest BCUT2D eigenvalue weighted by molar-refractivity contribution is 5.78. The summed E-state index contributed by atoms with van der Waals surface area (Å²) in [6, 6.07) is 0. The van der Waals surface area contributed by atoms with Gasteiger partial charge in [-0.05, 0) is 32.6 Å². The second kappa shape index (κ2) is 5.91. The Morgan fingerprint density at radius 2 is 2.33 bits per heavy atom. The minimum atomic E-state index is -0.327. The molecule has 0 saturated carbocycles. The molecule has 1 amide bonds. The smallest absolute Gasteiger partial charge is 0.225 e. The van der Waals surface area contributed by atoms with Crippen molar-refractivity contribution in [2.75, 3.05) is 13.6 Å². The number of aliphatic hydroxyl groups is 1. The number of amides is 1. The molecule has 1 aliphatic rings. The number of hydrogen-bond donors (Lipinski definition) is 1. The summed E-state index contributed by atoms with van der Waals surface area (Å²) >= 11 is 0. The number of allylic oxidation sites excluding steroid dienone is 2. The summed E-state index contributed by atoms with van der Waals surface area (Å²) in [5, 5.41) is 9.14. The SMILES string of the molecule is CC(O)CCN(C)C(=O)C1CC=CCC1. The molecule has 0 aliphatic heterocycles. The molecule has 2 unspecified atom stereocenters. The lowest BCUT2D eigenvalue weighted by molar-refractivity contribution is -0.134. The van der Waals surface area contributed by atoms with Gasteiger partial charge in [0.2, 0.25) is 5.91 Å². The summed E-state index contributed by atoms with van der Waals surface area (Å²) in [6.45, 7) is 2.40. The number of carbonyl (C=O) groups excluding carboxylic acids is 1. The summed E-state index contributed by atoms with van der Waals surface area (Å²) in [5.41, 5.74) is 0. The molecule has 1 rings (SSSR count). The lowest BCUT2D eigenvalue weighted by atomic mass is 9.93. The van der Waals surface area contributed by atoms with Gasteiger partial charge >= 0.3 is 0 Å². The lowest BCUT2D eigenvalue weighted by Gasteiger charge is -2.24. The Morgan fingerprint density at radius 3 is 2.87 bits per heavy atom. The fraction of sp³-hybridized carbons (Fsp3) is 0.750. The van der Waals surface area contributed by atoms with E-state index in [1.165, 1.54) is 0 Å². The van der Waals surface area contributed by atoms with Crippen LogP contribution in [0, 0.1) is 5.92 Å². The number of aliphatic hydroxyl groups excluding tert-OH is 1. The second-order valence-electron chi connectivity index (χ2n) is 4.38. The number of nitrogens with zero attached hydrogens (tertiary/aromatic N) is 1. The van der Waals surface area contributed by atoms with E-state index in [0.717, 1.165) is 19.3 Å². The highest BCUT2D eigenvalue weighted by Crippen LogP contribution is 2.20. The molecule has 15 heavy (non-hydrogen) atoms. The first-order valence-electron chi connectivity index (χ1n) is 5.69. The third kappa shape index (κ3) is 4.04. The van der Waals surface area contributed by atoms with Crippen molar-refractivity contribution < 1.29 is 9.90 Å². The van der Waals surface area contributed by atoms with Gasteiger partial charge < -0.3 is 10.0 Å². The molecule has 1 aliphatic carbocycles. The summed E-state index contributed by atoms with van der Waals surface area (Å²) in [5.74, 6) is 0.383. The van der Waals surface area contributed by atoms with Crippen LogP contribution in [0.3, 0.4) is 0 Å². The van der Waals surface area contributed by atoms with E-state index in [-0.39, 0.29) is 17.9 Å². The number of hydrogen-bond acceptors (Lipinski definition) is 2. The van der Waals surface area contributed by atoms with Gasteiger partial charge in [-0.3, -0.25) is 4.79 Å². The predicted molar refractivity (Wildman–Crippen MR) is 60.4 cm³/mol. The molecule has 3 heteroatoms. The molecule has 0 aromatic rings. The van der Waals surface area contributed by atoms with Crippen LogP contribution in [-0.2, 0) is 4.79 Å². The van der Waals surface area contributed by atoms with E-state index in [9.17, 15) is 4.79 Å². The first-order chi connectivity index (χ1) is 7.11. The third-order valence-corrected chi connectivity index (χ3v) is 2.88. The highest BCUT2D eigenvalue weighted by atomic mass is 16.3. The molecule has 0 radical (unpaired) electrons. The molecule has 0 bridgehead atoms. The zero-order chi connectivity index (χ0) is 11.3. The molecule has 3 nitrogen and oxygen atoms in total. The van der Waals surface area contributed by atoms with E-state index in [0.29, 0.717) is 13.0 Å². The molecule has 0 aromatic heterocycles. The zero-order valence-corrected chi connectivity index (χ0v) is 9.65. The van der Waals surface area contributed by atoms with Crippen molar-refractivity contribution in [3.63, 3.8) is 0 Å². The van der Waals surface area contributed by atoms with Crippen LogP contribution in [-0.4, -0.2) is 35.6 Å². The van der Waals surface area contributed by atoms with Crippen molar-refractivity contribution in [3.05, 3.63) is 12.2 Å². The maximum atomic E-state index is 11.9. The van der Waals surface area contributed by atoms with Gasteiger partial charge in [0.1, 0.15) is 0 Å². The average molecular weight is 211 g/mol. The molecular formula is C12H21NO2. The lowest BCUT2D eigenvalue weighted by Crippen LogP contribution is -2.35. The van der Waals surface area contributed by atoms with Crippen LogP contribution in [0.15, 0.2) is 12.2 Å². The van der Waals surface area contributed by atoms with E-state index in [1.54, 1.807) is 11.8 Å². The monoisotopic (exact) mass is 211 g/mol. The van der Waals surface area contributed by atoms with Crippen molar-refractivity contribution in [1.29, 1.82) is 0 Å². The van der Waals surface area contributed by atoms with Crippen LogP contribution in [0.25, 0.3) is 0 Å². The Hall–Kier alpha value is -0.830. The van der Waals surface area contributed by atoms with Gasteiger partial charge in [-0.15, -0.1) is 0 Å². The Morgan fingerprint density at radius 1 is 1.60 bits per heavy atom. The highest BCUT2D eigenvalue weighted by Gasteiger charge is 2.21. The Kier molecular flexibility index (Phi) is 4.82. The molecule has 0 aromatic carbocycles. The van der Waals surface area contributed by atoms with E-state index < -0.39 is 0 Å². The molecular weight excluding hydrogens is 190 g/mol. The number of carbonyl (C=O) groups is 1. The van der Waals surface area contributed by atoms with Gasteiger partial charge in [-0.2, -0.15) is 0 Å². The van der Waals surface area contributed by atoms with E-state index in [4.69, 9.17) is 5.11 Å². The summed E-state index contributed by atoms with van der Waals surface area (Å²) in [7, 11) is 1.82. The molecule has 0 fully saturated rings. The van der Waals surface area contributed by atoms with Crippen molar-refractivity contribution in [2.45, 2.75) is 38.7 Å². The molecule has 1 N–H and O–H groups in total. The van der Waals surface area contributed by atoms with Crippen molar-refractivity contribution in [3.8, 4) is 0 Å². The fourth-order valence-electron chi connectivity index (χ4n) is 1.82. The standard InChI is InChI=1S/C12H21NO2/c1-10(14)8-9-13(2)12(15)11-6-4-3-5-7-11/h3-4,10-11,14H,5-9H2,1-2H3. The molecule has 86 valence electrons. The summed E-state index contributed by atoms with van der Waals surface area (Å²) in [4.78, 5) is 13.7. The Bertz CT molecular complexity index is 236. The van der Waals surface area contributed by atoms with Gasteiger partial charge in [-0.1, -0.05) is 12.2 Å². The van der Waals surface area contributed by atoms with Gasteiger partial charge in [0, 0.05) is 19.5 Å². The average Bonchev–Trinajstić information content (AvgIpc) is 2.26. The van der Waals surface area contributed by atoms with Gasteiger partial charge in [0.15, 0.2) is 0 Å². The Labute approximate surface area is 91.8 Å². The van der Waals surface area contributed by atoms with Crippen LogP contribution < -0.4 is 0 Å². The normalized spacial score (nSPS) is 22.5. The van der Waals surface area contributed by atoms with Crippen molar-refractivity contribution in [1.82, 2.24) is 4.90 Å². The van der Waals surface area contributed by atoms with E-state index in [1.807, 2.05) is 7.05 Å². The maximum absolute atomic E-state index is 11.9. The summed E-state index contributed by atoms with van der Waals surface area (Å²) < 4.78 is 0. The van der Waals surface area contributed by atoms with E-state index in [2.05, 4.69) is 12.2 Å². The topological polar surface area (TPSA) is 40.5 Å². The minimum Gasteiger partial charge on any atom is -0.393 e. The zero-order valence-electron chi connectivity index (χ0n) is 9.65. The van der Waals surface area contributed by atoms with Gasteiger partial charge in [0.25, 0.3) is 0 Å². The van der Waals surface area contributed by atoms with Crippen LogP contribution in [0.2, 0.25) is 0 Å². The second-order valence-corrected chi connectivity index (χ2v) is 4.38. The van der Waals surface area contributed by atoms with Gasteiger partial charge in [-0.25, -0.2) is 0 Å². The molecule has 0 spiro atoms. The van der Waals surface area contributed by atoms with Crippen LogP contribution in [0.1, 0.15) is 32.6 Å².